The summed E-state index contributed by atoms with van der Waals surface area (Å²) in [7, 11) is 0. The summed E-state index contributed by atoms with van der Waals surface area (Å²) in [6.45, 7) is 21.2. The van der Waals surface area contributed by atoms with Crippen molar-refractivity contribution in [2.75, 3.05) is 26.2 Å². The molecule has 0 spiro atoms. The van der Waals surface area contributed by atoms with Gasteiger partial charge in [-0.15, -0.1) is 0 Å². The lowest BCUT2D eigenvalue weighted by atomic mass is 9.75. The molecule has 1 saturated heterocycles. The van der Waals surface area contributed by atoms with Gasteiger partial charge in [0.25, 0.3) is 0 Å². The summed E-state index contributed by atoms with van der Waals surface area (Å²) in [6, 6.07) is 0. The second-order valence-electron chi connectivity index (χ2n) is 8.71. The molecular weight excluding hydrogens is 220 g/mol. The highest BCUT2D eigenvalue weighted by atomic mass is 15.2. The summed E-state index contributed by atoms with van der Waals surface area (Å²) in [4.78, 5) is 2.65. The Labute approximate surface area is 115 Å². The second kappa shape index (κ2) is 5.50. The van der Waals surface area contributed by atoms with Crippen LogP contribution in [0.15, 0.2) is 0 Å². The Bertz CT molecular complexity index is 261. The van der Waals surface area contributed by atoms with Gasteiger partial charge in [0, 0.05) is 25.2 Å². The number of hydrogen-bond acceptors (Lipinski definition) is 2. The molecule has 1 heterocycles. The van der Waals surface area contributed by atoms with Crippen molar-refractivity contribution < 1.29 is 0 Å². The lowest BCUT2D eigenvalue weighted by Crippen LogP contribution is -2.43. The maximum Gasteiger partial charge on any atom is 0.0107 e. The molecule has 0 atom stereocenters. The minimum Gasteiger partial charge on any atom is -0.311 e. The minimum absolute atomic E-state index is 0.237. The van der Waals surface area contributed by atoms with Crippen molar-refractivity contribution >= 4 is 0 Å². The number of nitrogens with zero attached hydrogens (tertiary/aromatic N) is 1. The van der Waals surface area contributed by atoms with Crippen molar-refractivity contribution in [3.8, 4) is 0 Å². The molecule has 0 unspecified atom stereocenters. The Balaban J connectivity index is 2.47. The highest BCUT2D eigenvalue weighted by molar-refractivity contribution is 4.87. The third kappa shape index (κ3) is 6.19. The van der Waals surface area contributed by atoms with Crippen molar-refractivity contribution in [2.24, 2.45) is 10.8 Å². The third-order valence-corrected chi connectivity index (χ3v) is 3.80. The molecule has 1 aliphatic heterocycles. The molecule has 0 aliphatic carbocycles. The van der Waals surface area contributed by atoms with E-state index in [0.29, 0.717) is 10.8 Å². The fraction of sp³-hybridized carbons (Fsp3) is 1.00. The van der Waals surface area contributed by atoms with Crippen LogP contribution < -0.4 is 5.32 Å². The normalized spacial score (nSPS) is 24.8. The minimum atomic E-state index is 0.237. The van der Waals surface area contributed by atoms with E-state index in [2.05, 4.69) is 58.7 Å². The summed E-state index contributed by atoms with van der Waals surface area (Å²) >= 11 is 0. The van der Waals surface area contributed by atoms with Crippen molar-refractivity contribution in [2.45, 2.75) is 66.8 Å². The van der Waals surface area contributed by atoms with Crippen LogP contribution in [0.2, 0.25) is 0 Å². The molecule has 1 N–H and O–H groups in total. The number of likely N-dealkylation sites (tertiary alicyclic amines) is 1. The fourth-order valence-corrected chi connectivity index (χ4v) is 3.36. The molecule has 1 aliphatic rings. The predicted molar refractivity (Wildman–Crippen MR) is 81.0 cm³/mol. The SMILES string of the molecule is CC1(C)CCN(CCNC(C)(C)C)CC(C)(C)C1. The zero-order chi connectivity index (χ0) is 14.0. The van der Waals surface area contributed by atoms with Crippen LogP contribution >= 0.6 is 0 Å². The van der Waals surface area contributed by atoms with Crippen LogP contribution in [0, 0.1) is 10.8 Å². The second-order valence-corrected chi connectivity index (χ2v) is 8.71. The average molecular weight is 254 g/mol. The van der Waals surface area contributed by atoms with E-state index in [0.717, 1.165) is 6.54 Å². The van der Waals surface area contributed by atoms with Gasteiger partial charge in [-0.2, -0.15) is 0 Å². The van der Waals surface area contributed by atoms with Crippen LogP contribution in [-0.2, 0) is 0 Å². The highest BCUT2D eigenvalue weighted by Gasteiger charge is 2.33. The summed E-state index contributed by atoms with van der Waals surface area (Å²) in [6.07, 6.45) is 2.66. The molecule has 0 amide bonds. The quantitative estimate of drug-likeness (QED) is 0.829. The summed E-state index contributed by atoms with van der Waals surface area (Å²) in [5.41, 5.74) is 1.18. The highest BCUT2D eigenvalue weighted by Crippen LogP contribution is 2.39. The van der Waals surface area contributed by atoms with E-state index >= 15 is 0 Å². The Kier molecular flexibility index (Phi) is 4.88. The maximum absolute atomic E-state index is 3.60. The van der Waals surface area contributed by atoms with Crippen molar-refractivity contribution in [1.29, 1.82) is 0 Å². The molecule has 108 valence electrons. The van der Waals surface area contributed by atoms with Crippen LogP contribution in [0.1, 0.15) is 61.3 Å². The van der Waals surface area contributed by atoms with Crippen LogP contribution in [0.3, 0.4) is 0 Å². The monoisotopic (exact) mass is 254 g/mol. The number of nitrogens with one attached hydrogen (secondary N) is 1. The van der Waals surface area contributed by atoms with E-state index in [9.17, 15) is 0 Å². The molecule has 1 rings (SSSR count). The molecule has 18 heavy (non-hydrogen) atoms. The first-order valence-electron chi connectivity index (χ1n) is 7.47. The van der Waals surface area contributed by atoms with Gasteiger partial charge >= 0.3 is 0 Å². The van der Waals surface area contributed by atoms with Crippen LogP contribution in [-0.4, -0.2) is 36.6 Å². The van der Waals surface area contributed by atoms with Gasteiger partial charge in [-0.3, -0.25) is 0 Å². The molecule has 0 bridgehead atoms. The molecule has 0 radical (unpaired) electrons. The molecular formula is C16H34N2. The molecule has 2 nitrogen and oxygen atoms in total. The van der Waals surface area contributed by atoms with Crippen molar-refractivity contribution in [3.05, 3.63) is 0 Å². The van der Waals surface area contributed by atoms with Gasteiger partial charge in [0.05, 0.1) is 0 Å². The molecule has 2 heteroatoms. The van der Waals surface area contributed by atoms with Gasteiger partial charge < -0.3 is 10.2 Å². The lowest BCUT2D eigenvalue weighted by molar-refractivity contribution is 0.176. The van der Waals surface area contributed by atoms with Crippen LogP contribution in [0.4, 0.5) is 0 Å². The number of hydrogen-bond donors (Lipinski definition) is 1. The molecule has 0 aromatic rings. The van der Waals surface area contributed by atoms with E-state index in [1.807, 2.05) is 0 Å². The third-order valence-electron chi connectivity index (χ3n) is 3.80. The van der Waals surface area contributed by atoms with E-state index in [-0.39, 0.29) is 5.54 Å². The Hall–Kier alpha value is -0.0800. The molecule has 0 aromatic heterocycles. The smallest absolute Gasteiger partial charge is 0.0107 e. The fourth-order valence-electron chi connectivity index (χ4n) is 3.36. The predicted octanol–water partition coefficient (Wildman–Crippen LogP) is 3.52. The zero-order valence-electron chi connectivity index (χ0n) is 13.7. The maximum atomic E-state index is 3.60. The van der Waals surface area contributed by atoms with Gasteiger partial charge in [-0.25, -0.2) is 0 Å². The van der Waals surface area contributed by atoms with Crippen LogP contribution in [0.25, 0.3) is 0 Å². The van der Waals surface area contributed by atoms with Gasteiger partial charge in [-0.05, 0) is 51.0 Å². The first kappa shape index (κ1) is 16.0. The first-order valence-corrected chi connectivity index (χ1v) is 7.47. The van der Waals surface area contributed by atoms with Crippen LogP contribution in [0.5, 0.6) is 0 Å². The molecule has 1 fully saturated rings. The molecule has 0 aromatic carbocycles. The average Bonchev–Trinajstić information content (AvgIpc) is 2.18. The van der Waals surface area contributed by atoms with Gasteiger partial charge in [0.2, 0.25) is 0 Å². The standard InChI is InChI=1S/C16H34N2/c1-14(2,3)17-9-11-18-10-8-15(4,5)12-16(6,7)13-18/h17H,8-13H2,1-7H3. The van der Waals surface area contributed by atoms with E-state index < -0.39 is 0 Å². The van der Waals surface area contributed by atoms with Gasteiger partial charge in [-0.1, -0.05) is 27.7 Å². The van der Waals surface area contributed by atoms with Crippen molar-refractivity contribution in [3.63, 3.8) is 0 Å². The lowest BCUT2D eigenvalue weighted by Gasteiger charge is -2.33. The summed E-state index contributed by atoms with van der Waals surface area (Å²) in [5.74, 6) is 0. The molecule has 0 saturated carbocycles. The van der Waals surface area contributed by atoms with Crippen molar-refractivity contribution in [1.82, 2.24) is 10.2 Å². The number of rotatable bonds is 3. The van der Waals surface area contributed by atoms with E-state index in [1.54, 1.807) is 0 Å². The topological polar surface area (TPSA) is 15.3 Å². The van der Waals surface area contributed by atoms with E-state index in [1.165, 1.54) is 32.5 Å². The summed E-state index contributed by atoms with van der Waals surface area (Å²) < 4.78 is 0. The Morgan fingerprint density at radius 2 is 1.67 bits per heavy atom. The Morgan fingerprint density at radius 1 is 1.06 bits per heavy atom. The largest absolute Gasteiger partial charge is 0.311 e. The van der Waals surface area contributed by atoms with Gasteiger partial charge in [0.1, 0.15) is 0 Å². The van der Waals surface area contributed by atoms with E-state index in [4.69, 9.17) is 0 Å². The summed E-state index contributed by atoms with van der Waals surface area (Å²) in [5, 5.41) is 3.60. The Morgan fingerprint density at radius 3 is 2.22 bits per heavy atom. The van der Waals surface area contributed by atoms with Gasteiger partial charge in [0.15, 0.2) is 0 Å². The first-order chi connectivity index (χ1) is 7.99. The zero-order valence-corrected chi connectivity index (χ0v) is 13.7.